The highest BCUT2D eigenvalue weighted by atomic mass is 32.2. The first kappa shape index (κ1) is 28.3. The van der Waals surface area contributed by atoms with E-state index < -0.39 is 23.6 Å². The first-order chi connectivity index (χ1) is 20.4. The SMILES string of the molecule is O=C(NC1(C(=O)N2CCSCC2C(=O)O)CCN(Cc2ccccc2)CC1)OCC1c2ccccc2-c2ccccc21. The average molecular weight is 586 g/mol. The van der Waals surface area contributed by atoms with Gasteiger partial charge in [0.05, 0.1) is 0 Å². The molecule has 2 saturated heterocycles. The number of fused-ring (bicyclic) bond motifs is 3. The molecule has 2 aliphatic heterocycles. The molecule has 2 fully saturated rings. The standard InChI is InChI=1S/C33H35N3O5S/c37-30(38)29-22-42-19-18-36(29)31(39)33(14-16-35(17-15-33)20-23-8-2-1-3-9-23)34-32(40)41-21-28-26-12-6-4-10-24(26)25-11-5-7-13-27(25)28/h1-13,28-29H,14-22H2,(H,34,40)(H,37,38). The van der Waals surface area contributed by atoms with Crippen LogP contribution in [0.5, 0.6) is 0 Å². The number of nitrogens with zero attached hydrogens (tertiary/aromatic N) is 2. The van der Waals surface area contributed by atoms with Crippen LogP contribution in [0.1, 0.15) is 35.4 Å². The second-order valence-electron chi connectivity index (χ2n) is 11.2. The number of hydrogen-bond acceptors (Lipinski definition) is 6. The van der Waals surface area contributed by atoms with Crippen LogP contribution in [-0.4, -0.2) is 82.2 Å². The minimum atomic E-state index is -1.23. The number of aliphatic carboxylic acids is 1. The van der Waals surface area contributed by atoms with Crippen molar-refractivity contribution < 1.29 is 24.2 Å². The molecule has 6 rings (SSSR count). The lowest BCUT2D eigenvalue weighted by Gasteiger charge is -2.45. The number of amides is 2. The maximum atomic E-state index is 14.1. The van der Waals surface area contributed by atoms with E-state index >= 15 is 0 Å². The highest BCUT2D eigenvalue weighted by Crippen LogP contribution is 2.44. The molecule has 2 N–H and O–H groups in total. The number of ether oxygens (including phenoxy) is 1. The Labute approximate surface area is 250 Å². The fourth-order valence-corrected chi connectivity index (χ4v) is 7.52. The molecule has 1 aliphatic carbocycles. The molecule has 218 valence electrons. The minimum Gasteiger partial charge on any atom is -0.480 e. The quantitative estimate of drug-likeness (QED) is 0.419. The van der Waals surface area contributed by atoms with Gasteiger partial charge in [-0.25, -0.2) is 9.59 Å². The zero-order chi connectivity index (χ0) is 29.1. The van der Waals surface area contributed by atoms with E-state index in [1.807, 2.05) is 42.5 Å². The van der Waals surface area contributed by atoms with Gasteiger partial charge in [0.15, 0.2) is 0 Å². The van der Waals surface area contributed by atoms with E-state index in [0.29, 0.717) is 44.0 Å². The van der Waals surface area contributed by atoms with Crippen LogP contribution in [0.2, 0.25) is 0 Å². The summed E-state index contributed by atoms with van der Waals surface area (Å²) < 4.78 is 5.85. The van der Waals surface area contributed by atoms with Crippen LogP contribution in [0, 0.1) is 0 Å². The van der Waals surface area contributed by atoms with Crippen LogP contribution < -0.4 is 5.32 Å². The van der Waals surface area contributed by atoms with Gasteiger partial charge in [-0.3, -0.25) is 9.69 Å². The minimum absolute atomic E-state index is 0.0990. The molecule has 0 saturated carbocycles. The third kappa shape index (κ3) is 5.63. The Bertz CT molecular complexity index is 1410. The lowest BCUT2D eigenvalue weighted by molar-refractivity contribution is -0.153. The largest absolute Gasteiger partial charge is 0.480 e. The van der Waals surface area contributed by atoms with Crippen LogP contribution in [0.4, 0.5) is 4.79 Å². The van der Waals surface area contributed by atoms with Crippen molar-refractivity contribution in [1.82, 2.24) is 15.1 Å². The molecule has 0 aromatic heterocycles. The number of rotatable bonds is 7. The van der Waals surface area contributed by atoms with Crippen LogP contribution >= 0.6 is 11.8 Å². The number of hydrogen-bond donors (Lipinski definition) is 2. The van der Waals surface area contributed by atoms with Crippen molar-refractivity contribution in [2.75, 3.05) is 37.7 Å². The van der Waals surface area contributed by atoms with Gasteiger partial charge >= 0.3 is 12.1 Å². The number of benzene rings is 3. The van der Waals surface area contributed by atoms with Crippen molar-refractivity contribution in [2.45, 2.75) is 36.9 Å². The summed E-state index contributed by atoms with van der Waals surface area (Å²) in [6.07, 6.45) is 0.0949. The summed E-state index contributed by atoms with van der Waals surface area (Å²) in [5.41, 5.74) is 4.46. The molecule has 9 heteroatoms. The number of likely N-dealkylation sites (tertiary alicyclic amines) is 1. The normalized spacial score (nSPS) is 19.9. The lowest BCUT2D eigenvalue weighted by Crippen LogP contribution is -2.66. The zero-order valence-corrected chi connectivity index (χ0v) is 24.2. The summed E-state index contributed by atoms with van der Waals surface area (Å²) in [7, 11) is 0. The second kappa shape index (κ2) is 12.2. The predicted molar refractivity (Wildman–Crippen MR) is 162 cm³/mol. The fourth-order valence-electron chi connectivity index (χ4n) is 6.48. The van der Waals surface area contributed by atoms with E-state index in [4.69, 9.17) is 4.74 Å². The number of piperidine rings is 1. The molecule has 3 aromatic carbocycles. The number of nitrogens with one attached hydrogen (secondary N) is 1. The average Bonchev–Trinajstić information content (AvgIpc) is 3.35. The van der Waals surface area contributed by atoms with Crippen molar-refractivity contribution in [2.24, 2.45) is 0 Å². The van der Waals surface area contributed by atoms with Gasteiger partial charge in [-0.2, -0.15) is 11.8 Å². The summed E-state index contributed by atoms with van der Waals surface area (Å²) in [5, 5.41) is 12.8. The number of carbonyl (C=O) groups is 3. The van der Waals surface area contributed by atoms with E-state index in [1.165, 1.54) is 22.2 Å². The van der Waals surface area contributed by atoms with Gasteiger partial charge in [-0.05, 0) is 40.7 Å². The number of carboxylic acid groups (broad SMARTS) is 1. The third-order valence-corrected chi connectivity index (χ3v) is 9.75. The van der Waals surface area contributed by atoms with E-state index in [9.17, 15) is 19.5 Å². The summed E-state index contributed by atoms with van der Waals surface area (Å²) in [6, 6.07) is 25.5. The van der Waals surface area contributed by atoms with Gasteiger partial charge in [-0.1, -0.05) is 78.9 Å². The van der Waals surface area contributed by atoms with E-state index in [0.717, 1.165) is 28.8 Å². The first-order valence-corrected chi connectivity index (χ1v) is 15.6. The van der Waals surface area contributed by atoms with Crippen molar-refractivity contribution >= 4 is 29.7 Å². The van der Waals surface area contributed by atoms with Gasteiger partial charge in [0, 0.05) is 43.6 Å². The molecule has 3 aliphatic rings. The molecule has 0 spiro atoms. The summed E-state index contributed by atoms with van der Waals surface area (Å²) >= 11 is 1.53. The molecule has 0 bridgehead atoms. The molecule has 0 radical (unpaired) electrons. The maximum Gasteiger partial charge on any atom is 0.408 e. The topological polar surface area (TPSA) is 99.2 Å². The number of carbonyl (C=O) groups excluding carboxylic acids is 2. The highest BCUT2D eigenvalue weighted by molar-refractivity contribution is 7.99. The molecule has 42 heavy (non-hydrogen) atoms. The fraction of sp³-hybridized carbons (Fsp3) is 0.364. The van der Waals surface area contributed by atoms with E-state index in [-0.39, 0.29) is 18.4 Å². The van der Waals surface area contributed by atoms with Crippen molar-refractivity contribution in [1.29, 1.82) is 0 Å². The van der Waals surface area contributed by atoms with Crippen molar-refractivity contribution in [3.8, 4) is 11.1 Å². The smallest absolute Gasteiger partial charge is 0.408 e. The number of carboxylic acids is 1. The van der Waals surface area contributed by atoms with Gasteiger partial charge in [-0.15, -0.1) is 0 Å². The van der Waals surface area contributed by atoms with E-state index in [1.54, 1.807) is 0 Å². The molecule has 1 unspecified atom stereocenters. The molecule has 8 nitrogen and oxygen atoms in total. The molecule has 1 atom stereocenters. The Morgan fingerprint density at radius 2 is 1.50 bits per heavy atom. The van der Waals surface area contributed by atoms with Crippen molar-refractivity contribution in [3.63, 3.8) is 0 Å². The van der Waals surface area contributed by atoms with Crippen LogP contribution in [0.3, 0.4) is 0 Å². The molecule has 2 heterocycles. The molecular weight excluding hydrogens is 550 g/mol. The lowest BCUT2D eigenvalue weighted by atomic mass is 9.85. The summed E-state index contributed by atoms with van der Waals surface area (Å²) in [5.74, 6) is -0.451. The van der Waals surface area contributed by atoms with Gasteiger partial charge in [0.25, 0.3) is 0 Å². The molecular formula is C33H35N3O5S. The van der Waals surface area contributed by atoms with Crippen LogP contribution in [0.25, 0.3) is 11.1 Å². The summed E-state index contributed by atoms with van der Waals surface area (Å²) in [6.45, 7) is 2.40. The Kier molecular flexibility index (Phi) is 8.22. The van der Waals surface area contributed by atoms with E-state index in [2.05, 4.69) is 46.6 Å². The predicted octanol–water partition coefficient (Wildman–Crippen LogP) is 4.59. The Hall–Kier alpha value is -3.82. The van der Waals surface area contributed by atoms with Gasteiger partial charge in [0.1, 0.15) is 18.2 Å². The number of alkyl carbamates (subject to hydrolysis) is 1. The van der Waals surface area contributed by atoms with Crippen LogP contribution in [-0.2, 0) is 20.9 Å². The van der Waals surface area contributed by atoms with Crippen molar-refractivity contribution in [3.05, 3.63) is 95.6 Å². The van der Waals surface area contributed by atoms with Crippen LogP contribution in [0.15, 0.2) is 78.9 Å². The van der Waals surface area contributed by atoms with Gasteiger partial charge in [0.2, 0.25) is 5.91 Å². The zero-order valence-electron chi connectivity index (χ0n) is 23.4. The highest BCUT2D eigenvalue weighted by Gasteiger charge is 2.48. The maximum absolute atomic E-state index is 14.1. The molecule has 3 aromatic rings. The number of thioether (sulfide) groups is 1. The first-order valence-electron chi connectivity index (χ1n) is 14.5. The Morgan fingerprint density at radius 1 is 0.881 bits per heavy atom. The third-order valence-electron chi connectivity index (χ3n) is 8.73. The Balaban J connectivity index is 1.19. The second-order valence-corrected chi connectivity index (χ2v) is 12.4. The Morgan fingerprint density at radius 3 is 2.14 bits per heavy atom. The van der Waals surface area contributed by atoms with Gasteiger partial charge < -0.3 is 20.1 Å². The monoisotopic (exact) mass is 585 g/mol. The summed E-state index contributed by atoms with van der Waals surface area (Å²) in [4.78, 5) is 43.4. The molecule has 2 amide bonds.